The number of nitriles is 1. The summed E-state index contributed by atoms with van der Waals surface area (Å²) in [4.78, 5) is 8.11. The second-order valence-electron chi connectivity index (χ2n) is 5.89. The second kappa shape index (κ2) is 5.96. The number of hydrogen-bond donors (Lipinski definition) is 1. The summed E-state index contributed by atoms with van der Waals surface area (Å²) in [6.45, 7) is 3.44. The van der Waals surface area contributed by atoms with Crippen molar-refractivity contribution >= 4 is 5.82 Å². The summed E-state index contributed by atoms with van der Waals surface area (Å²) in [6.07, 6.45) is 7.33. The molecule has 0 amide bonds. The maximum atomic E-state index is 8.99. The van der Waals surface area contributed by atoms with Gasteiger partial charge < -0.3 is 14.8 Å². The summed E-state index contributed by atoms with van der Waals surface area (Å²) in [7, 11) is 0. The van der Waals surface area contributed by atoms with Gasteiger partial charge in [-0.1, -0.05) is 6.92 Å². The van der Waals surface area contributed by atoms with E-state index in [9.17, 15) is 0 Å². The highest BCUT2D eigenvalue weighted by Gasteiger charge is 2.43. The molecule has 1 spiro atoms. The summed E-state index contributed by atoms with van der Waals surface area (Å²) in [5.41, 5.74) is 0.303. The van der Waals surface area contributed by atoms with Crippen molar-refractivity contribution in [3.05, 3.63) is 18.1 Å². The highest BCUT2D eigenvalue weighted by atomic mass is 16.7. The van der Waals surface area contributed by atoms with Gasteiger partial charge >= 0.3 is 0 Å². The SMILES string of the molecule is CC1CCC2(CC1)OCC(CNc1nccnc1C#N)O2. The monoisotopic (exact) mass is 288 g/mol. The smallest absolute Gasteiger partial charge is 0.182 e. The lowest BCUT2D eigenvalue weighted by molar-refractivity contribution is -0.190. The van der Waals surface area contributed by atoms with Crippen LogP contribution in [0.25, 0.3) is 0 Å². The molecule has 1 unspecified atom stereocenters. The molecule has 1 atom stereocenters. The van der Waals surface area contributed by atoms with Crippen molar-refractivity contribution in [1.82, 2.24) is 9.97 Å². The Balaban J connectivity index is 1.55. The lowest BCUT2D eigenvalue weighted by Crippen LogP contribution is -2.36. The van der Waals surface area contributed by atoms with Crippen molar-refractivity contribution in [1.29, 1.82) is 5.26 Å². The quantitative estimate of drug-likeness (QED) is 0.917. The molecule has 1 N–H and O–H groups in total. The number of anilines is 1. The minimum atomic E-state index is -0.376. The molecule has 21 heavy (non-hydrogen) atoms. The van der Waals surface area contributed by atoms with Crippen LogP contribution < -0.4 is 5.32 Å². The molecule has 1 aromatic rings. The molecule has 3 rings (SSSR count). The van der Waals surface area contributed by atoms with Crippen molar-refractivity contribution in [2.24, 2.45) is 5.92 Å². The standard InChI is InChI=1S/C15H20N4O2/c1-11-2-4-15(5-3-11)20-10-12(21-15)9-19-14-13(8-16)17-6-7-18-14/h6-7,11-12H,2-5,9-10H2,1H3,(H,18,19). The summed E-state index contributed by atoms with van der Waals surface area (Å²) in [6, 6.07) is 2.02. The summed E-state index contributed by atoms with van der Waals surface area (Å²) < 4.78 is 12.0. The van der Waals surface area contributed by atoms with Gasteiger partial charge in [-0.05, 0) is 18.8 Å². The molecule has 6 nitrogen and oxygen atoms in total. The van der Waals surface area contributed by atoms with Crippen LogP contribution in [0, 0.1) is 17.2 Å². The second-order valence-corrected chi connectivity index (χ2v) is 5.89. The fourth-order valence-corrected chi connectivity index (χ4v) is 2.94. The predicted molar refractivity (Wildman–Crippen MR) is 76.4 cm³/mol. The van der Waals surface area contributed by atoms with Gasteiger partial charge in [0.2, 0.25) is 0 Å². The van der Waals surface area contributed by atoms with Crippen molar-refractivity contribution in [3.8, 4) is 6.07 Å². The maximum Gasteiger partial charge on any atom is 0.182 e. The van der Waals surface area contributed by atoms with Crippen LogP contribution in [0.4, 0.5) is 5.82 Å². The van der Waals surface area contributed by atoms with Gasteiger partial charge in [0.25, 0.3) is 0 Å². The van der Waals surface area contributed by atoms with Crippen LogP contribution in [-0.2, 0) is 9.47 Å². The average Bonchev–Trinajstić information content (AvgIpc) is 2.92. The minimum absolute atomic E-state index is 0.00745. The largest absolute Gasteiger partial charge is 0.365 e. The molecule has 1 aliphatic carbocycles. The van der Waals surface area contributed by atoms with Crippen LogP contribution in [0.1, 0.15) is 38.3 Å². The molecule has 1 aliphatic heterocycles. The van der Waals surface area contributed by atoms with E-state index in [-0.39, 0.29) is 11.9 Å². The van der Waals surface area contributed by atoms with Gasteiger partial charge in [-0.2, -0.15) is 5.26 Å². The Labute approximate surface area is 124 Å². The van der Waals surface area contributed by atoms with E-state index >= 15 is 0 Å². The number of hydrogen-bond acceptors (Lipinski definition) is 6. The van der Waals surface area contributed by atoms with Gasteiger partial charge in [-0.3, -0.25) is 0 Å². The summed E-state index contributed by atoms with van der Waals surface area (Å²) in [5.74, 6) is 0.888. The van der Waals surface area contributed by atoms with E-state index in [1.54, 1.807) is 6.20 Å². The van der Waals surface area contributed by atoms with Crippen molar-refractivity contribution in [2.45, 2.75) is 44.5 Å². The zero-order valence-corrected chi connectivity index (χ0v) is 12.2. The first-order chi connectivity index (χ1) is 10.2. The maximum absolute atomic E-state index is 8.99. The van der Waals surface area contributed by atoms with Crippen LogP contribution in [-0.4, -0.2) is 35.0 Å². The van der Waals surface area contributed by atoms with Crippen molar-refractivity contribution in [3.63, 3.8) is 0 Å². The zero-order valence-electron chi connectivity index (χ0n) is 12.2. The van der Waals surface area contributed by atoms with Crippen LogP contribution in [0.15, 0.2) is 12.4 Å². The van der Waals surface area contributed by atoms with Crippen molar-refractivity contribution < 1.29 is 9.47 Å². The molecule has 2 fully saturated rings. The molecular weight excluding hydrogens is 268 g/mol. The number of ether oxygens (including phenoxy) is 2. The molecule has 0 aromatic carbocycles. The molecule has 1 saturated heterocycles. The Morgan fingerprint density at radius 1 is 1.38 bits per heavy atom. The molecule has 2 aliphatic rings. The Morgan fingerprint density at radius 3 is 2.90 bits per heavy atom. The Bertz CT molecular complexity index is 535. The normalized spacial score (nSPS) is 32.0. The van der Waals surface area contributed by atoms with E-state index in [2.05, 4.69) is 22.2 Å². The molecule has 112 valence electrons. The summed E-state index contributed by atoms with van der Waals surface area (Å²) >= 11 is 0. The van der Waals surface area contributed by atoms with E-state index in [0.717, 1.165) is 31.6 Å². The van der Waals surface area contributed by atoms with E-state index in [1.807, 2.05) is 6.07 Å². The topological polar surface area (TPSA) is 80.1 Å². The fraction of sp³-hybridized carbons (Fsp3) is 0.667. The van der Waals surface area contributed by atoms with E-state index < -0.39 is 0 Å². The molecule has 1 aromatic heterocycles. The van der Waals surface area contributed by atoms with Gasteiger partial charge in [0.1, 0.15) is 12.2 Å². The van der Waals surface area contributed by atoms with Crippen molar-refractivity contribution in [2.75, 3.05) is 18.5 Å². The van der Waals surface area contributed by atoms with Crippen LogP contribution >= 0.6 is 0 Å². The van der Waals surface area contributed by atoms with Gasteiger partial charge in [0.15, 0.2) is 17.3 Å². The average molecular weight is 288 g/mol. The Kier molecular flexibility index (Phi) is 4.04. The molecule has 0 bridgehead atoms. The van der Waals surface area contributed by atoms with Gasteiger partial charge in [0, 0.05) is 31.8 Å². The highest BCUT2D eigenvalue weighted by molar-refractivity contribution is 5.46. The number of aromatic nitrogens is 2. The van der Waals surface area contributed by atoms with Gasteiger partial charge in [-0.15, -0.1) is 0 Å². The van der Waals surface area contributed by atoms with Crippen LogP contribution in [0.5, 0.6) is 0 Å². The predicted octanol–water partition coefficient (Wildman–Crippen LogP) is 2.08. The van der Waals surface area contributed by atoms with E-state index in [1.165, 1.54) is 6.20 Å². The van der Waals surface area contributed by atoms with Crippen LogP contribution in [0.3, 0.4) is 0 Å². The van der Waals surface area contributed by atoms with E-state index in [4.69, 9.17) is 14.7 Å². The Hall–Kier alpha value is -1.71. The van der Waals surface area contributed by atoms with E-state index in [0.29, 0.717) is 24.7 Å². The number of nitrogens with one attached hydrogen (secondary N) is 1. The Morgan fingerprint density at radius 2 is 2.14 bits per heavy atom. The number of rotatable bonds is 3. The first-order valence-corrected chi connectivity index (χ1v) is 7.47. The fourth-order valence-electron chi connectivity index (χ4n) is 2.94. The molecule has 2 heterocycles. The zero-order chi connectivity index (χ0) is 14.7. The minimum Gasteiger partial charge on any atom is -0.365 e. The summed E-state index contributed by atoms with van der Waals surface area (Å²) in [5, 5.41) is 12.1. The number of nitrogens with zero attached hydrogens (tertiary/aromatic N) is 3. The lowest BCUT2D eigenvalue weighted by Gasteiger charge is -2.34. The first-order valence-electron chi connectivity index (χ1n) is 7.47. The first kappa shape index (κ1) is 14.2. The lowest BCUT2D eigenvalue weighted by atomic mass is 9.86. The third kappa shape index (κ3) is 3.14. The van der Waals surface area contributed by atoms with Crippen LogP contribution in [0.2, 0.25) is 0 Å². The van der Waals surface area contributed by atoms with Gasteiger partial charge in [0.05, 0.1) is 6.61 Å². The van der Waals surface area contributed by atoms with Gasteiger partial charge in [-0.25, -0.2) is 9.97 Å². The molecular formula is C15H20N4O2. The molecule has 1 saturated carbocycles. The molecule has 6 heteroatoms. The molecule has 0 radical (unpaired) electrons. The third-order valence-electron chi connectivity index (χ3n) is 4.25. The third-order valence-corrected chi connectivity index (χ3v) is 4.25. The highest BCUT2D eigenvalue weighted by Crippen LogP contribution is 2.39.